The van der Waals surface area contributed by atoms with Gasteiger partial charge >= 0.3 is 0 Å². The Labute approximate surface area is 88.6 Å². The Balaban J connectivity index is 2.97. The number of nitrogen functional groups attached to an aromatic ring is 1. The molecule has 0 aliphatic heterocycles. The van der Waals surface area contributed by atoms with Gasteiger partial charge in [0.25, 0.3) is 10.2 Å². The van der Waals surface area contributed by atoms with E-state index in [1.54, 1.807) is 6.07 Å². The van der Waals surface area contributed by atoms with E-state index in [9.17, 15) is 8.42 Å². The van der Waals surface area contributed by atoms with E-state index in [1.807, 2.05) is 0 Å². The maximum absolute atomic E-state index is 11.2. The third kappa shape index (κ3) is 3.00. The zero-order valence-corrected chi connectivity index (χ0v) is 9.26. The van der Waals surface area contributed by atoms with Gasteiger partial charge in [0.05, 0.1) is 18.5 Å². The summed E-state index contributed by atoms with van der Waals surface area (Å²) in [5.41, 5.74) is 6.23. The summed E-state index contributed by atoms with van der Waals surface area (Å²) in [4.78, 5) is 0. The fourth-order valence-electron chi connectivity index (χ4n) is 0.957. The highest BCUT2D eigenvalue weighted by Crippen LogP contribution is 2.24. The van der Waals surface area contributed by atoms with Crippen molar-refractivity contribution in [3.8, 4) is 5.75 Å². The predicted molar refractivity (Wildman–Crippen MR) is 59.0 cm³/mol. The van der Waals surface area contributed by atoms with Crippen LogP contribution in [0.5, 0.6) is 5.75 Å². The lowest BCUT2D eigenvalue weighted by Gasteiger charge is -2.10. The third-order valence-corrected chi connectivity index (χ3v) is 2.80. The van der Waals surface area contributed by atoms with Crippen LogP contribution >= 0.6 is 0 Å². The summed E-state index contributed by atoms with van der Waals surface area (Å²) in [5, 5.41) is 0. The highest BCUT2D eigenvalue weighted by atomic mass is 32.2. The summed E-state index contributed by atoms with van der Waals surface area (Å²) in [7, 11) is -0.722. The van der Waals surface area contributed by atoms with Gasteiger partial charge in [-0.15, -0.1) is 0 Å². The third-order valence-electron chi connectivity index (χ3n) is 1.77. The van der Waals surface area contributed by atoms with Crippen molar-refractivity contribution in [2.24, 2.45) is 0 Å². The van der Waals surface area contributed by atoms with Gasteiger partial charge in [-0.2, -0.15) is 8.42 Å². The lowest BCUT2D eigenvalue weighted by atomic mass is 10.2. The second-order valence-electron chi connectivity index (χ2n) is 2.76. The molecule has 0 fully saturated rings. The first-order chi connectivity index (χ1) is 6.98. The van der Waals surface area contributed by atoms with Crippen LogP contribution in [-0.4, -0.2) is 22.6 Å². The second kappa shape index (κ2) is 4.37. The number of ether oxygens (including phenoxy) is 1. The van der Waals surface area contributed by atoms with Gasteiger partial charge in [-0.1, -0.05) is 0 Å². The molecule has 0 saturated carbocycles. The lowest BCUT2D eigenvalue weighted by Crippen LogP contribution is -2.26. The number of benzene rings is 1. The van der Waals surface area contributed by atoms with E-state index in [1.165, 1.54) is 26.3 Å². The van der Waals surface area contributed by atoms with Gasteiger partial charge < -0.3 is 10.5 Å². The Kier molecular flexibility index (Phi) is 3.38. The monoisotopic (exact) mass is 231 g/mol. The number of rotatable bonds is 4. The standard InChI is InChI=1S/C8H13N3O3S/c1-10-15(12,13)11-8-4-3-6(14-2)5-7(8)9/h3-5,10-11H,9H2,1-2H3. The Hall–Kier alpha value is -1.47. The summed E-state index contributed by atoms with van der Waals surface area (Å²) < 4.78 is 31.7. The number of anilines is 2. The first kappa shape index (κ1) is 11.6. The summed E-state index contributed by atoms with van der Waals surface area (Å²) in [6.45, 7) is 0. The van der Waals surface area contributed by atoms with E-state index in [-0.39, 0.29) is 0 Å². The van der Waals surface area contributed by atoms with Crippen molar-refractivity contribution in [2.45, 2.75) is 0 Å². The molecule has 4 N–H and O–H groups in total. The molecule has 15 heavy (non-hydrogen) atoms. The van der Waals surface area contributed by atoms with Crippen LogP contribution in [0, 0.1) is 0 Å². The number of hydrogen-bond acceptors (Lipinski definition) is 4. The molecule has 0 heterocycles. The van der Waals surface area contributed by atoms with Crippen molar-refractivity contribution in [1.82, 2.24) is 4.72 Å². The summed E-state index contributed by atoms with van der Waals surface area (Å²) >= 11 is 0. The van der Waals surface area contributed by atoms with Crippen LogP contribution in [-0.2, 0) is 10.2 Å². The Morgan fingerprint density at radius 1 is 1.40 bits per heavy atom. The first-order valence-electron chi connectivity index (χ1n) is 4.13. The van der Waals surface area contributed by atoms with Crippen LogP contribution in [0.4, 0.5) is 11.4 Å². The fourth-order valence-corrected chi connectivity index (χ4v) is 1.53. The number of nitrogens with two attached hydrogens (primary N) is 1. The highest BCUT2D eigenvalue weighted by Gasteiger charge is 2.08. The predicted octanol–water partition coefficient (Wildman–Crippen LogP) is 0.153. The zero-order valence-electron chi connectivity index (χ0n) is 8.44. The van der Waals surface area contributed by atoms with Crippen molar-refractivity contribution in [1.29, 1.82) is 0 Å². The number of methoxy groups -OCH3 is 1. The number of nitrogens with one attached hydrogen (secondary N) is 2. The molecule has 0 unspecified atom stereocenters. The van der Waals surface area contributed by atoms with Crippen LogP contribution in [0.3, 0.4) is 0 Å². The molecule has 0 aromatic heterocycles. The van der Waals surface area contributed by atoms with Gasteiger partial charge in [-0.3, -0.25) is 4.72 Å². The van der Waals surface area contributed by atoms with Crippen molar-refractivity contribution in [2.75, 3.05) is 24.6 Å². The molecular weight excluding hydrogens is 218 g/mol. The molecule has 0 spiro atoms. The zero-order chi connectivity index (χ0) is 11.5. The van der Waals surface area contributed by atoms with Crippen LogP contribution in [0.2, 0.25) is 0 Å². The molecular formula is C8H13N3O3S. The summed E-state index contributed by atoms with van der Waals surface area (Å²) in [6.07, 6.45) is 0. The minimum absolute atomic E-state index is 0.299. The molecule has 6 nitrogen and oxygen atoms in total. The molecule has 84 valence electrons. The molecule has 0 aliphatic carbocycles. The number of hydrogen-bond donors (Lipinski definition) is 3. The van der Waals surface area contributed by atoms with E-state index < -0.39 is 10.2 Å². The topological polar surface area (TPSA) is 93.5 Å². The van der Waals surface area contributed by atoms with Crippen LogP contribution in [0.1, 0.15) is 0 Å². The van der Waals surface area contributed by atoms with E-state index in [0.29, 0.717) is 17.1 Å². The molecule has 7 heteroatoms. The highest BCUT2D eigenvalue weighted by molar-refractivity contribution is 7.90. The van der Waals surface area contributed by atoms with Crippen LogP contribution in [0.15, 0.2) is 18.2 Å². The molecule has 1 aromatic rings. The molecule has 0 bridgehead atoms. The van der Waals surface area contributed by atoms with Gasteiger partial charge in [-0.25, -0.2) is 4.72 Å². The van der Waals surface area contributed by atoms with Crippen LogP contribution in [0.25, 0.3) is 0 Å². The summed E-state index contributed by atoms with van der Waals surface area (Å²) in [5.74, 6) is 0.569. The molecule has 0 aliphatic rings. The minimum atomic E-state index is -3.54. The average molecular weight is 231 g/mol. The molecule has 1 rings (SSSR count). The summed E-state index contributed by atoms with van der Waals surface area (Å²) in [6, 6.07) is 4.68. The Morgan fingerprint density at radius 3 is 2.53 bits per heavy atom. The minimum Gasteiger partial charge on any atom is -0.497 e. The van der Waals surface area contributed by atoms with E-state index in [2.05, 4.69) is 9.44 Å². The molecule has 1 aromatic carbocycles. The lowest BCUT2D eigenvalue weighted by molar-refractivity contribution is 0.415. The van der Waals surface area contributed by atoms with Gasteiger partial charge in [0.1, 0.15) is 5.75 Å². The first-order valence-corrected chi connectivity index (χ1v) is 5.61. The maximum Gasteiger partial charge on any atom is 0.298 e. The Bertz CT molecular complexity index is 444. The van der Waals surface area contributed by atoms with E-state index in [0.717, 1.165) is 0 Å². The van der Waals surface area contributed by atoms with Crippen molar-refractivity contribution in [3.05, 3.63) is 18.2 Å². The van der Waals surface area contributed by atoms with Gasteiger partial charge in [0, 0.05) is 13.1 Å². The normalized spacial score (nSPS) is 11.1. The van der Waals surface area contributed by atoms with Crippen LogP contribution < -0.4 is 19.9 Å². The van der Waals surface area contributed by atoms with Gasteiger partial charge in [0.2, 0.25) is 0 Å². The molecule has 0 atom stereocenters. The molecule has 0 saturated heterocycles. The SMILES string of the molecule is CNS(=O)(=O)Nc1ccc(OC)cc1N. The largest absolute Gasteiger partial charge is 0.497 e. The van der Waals surface area contributed by atoms with E-state index >= 15 is 0 Å². The van der Waals surface area contributed by atoms with Gasteiger partial charge in [0.15, 0.2) is 0 Å². The smallest absolute Gasteiger partial charge is 0.298 e. The maximum atomic E-state index is 11.2. The molecule has 0 amide bonds. The fraction of sp³-hybridized carbons (Fsp3) is 0.250. The van der Waals surface area contributed by atoms with Crippen molar-refractivity contribution in [3.63, 3.8) is 0 Å². The Morgan fingerprint density at radius 2 is 2.07 bits per heavy atom. The quantitative estimate of drug-likeness (QED) is 0.643. The average Bonchev–Trinajstić information content (AvgIpc) is 2.21. The van der Waals surface area contributed by atoms with E-state index in [4.69, 9.17) is 10.5 Å². The van der Waals surface area contributed by atoms with Crippen molar-refractivity contribution < 1.29 is 13.2 Å². The van der Waals surface area contributed by atoms with Gasteiger partial charge in [-0.05, 0) is 12.1 Å². The second-order valence-corrected chi connectivity index (χ2v) is 4.38. The van der Waals surface area contributed by atoms with Crippen molar-refractivity contribution >= 4 is 21.6 Å². The molecule has 0 radical (unpaired) electrons.